The van der Waals surface area contributed by atoms with Gasteiger partial charge in [-0.15, -0.1) is 0 Å². The van der Waals surface area contributed by atoms with Crippen molar-refractivity contribution >= 4 is 17.5 Å². The summed E-state index contributed by atoms with van der Waals surface area (Å²) >= 11 is 0. The molecule has 26 heavy (non-hydrogen) atoms. The van der Waals surface area contributed by atoms with E-state index in [4.69, 9.17) is 4.74 Å². The molecule has 2 N–H and O–H groups in total. The molecule has 0 radical (unpaired) electrons. The summed E-state index contributed by atoms with van der Waals surface area (Å²) in [6.45, 7) is 3.40. The van der Waals surface area contributed by atoms with E-state index in [9.17, 15) is 9.59 Å². The first-order valence-electron chi connectivity index (χ1n) is 9.94. The Morgan fingerprint density at radius 3 is 2.46 bits per heavy atom. The monoisotopic (exact) mass is 358 g/mol. The van der Waals surface area contributed by atoms with Gasteiger partial charge in [-0.25, -0.2) is 0 Å². The molecule has 0 bridgehead atoms. The van der Waals surface area contributed by atoms with Crippen LogP contribution in [-0.2, 0) is 9.53 Å². The zero-order chi connectivity index (χ0) is 18.4. The Kier molecular flexibility index (Phi) is 6.67. The minimum Gasteiger partial charge on any atom is -0.378 e. The number of benzene rings is 1. The third kappa shape index (κ3) is 5.56. The van der Waals surface area contributed by atoms with Crippen LogP contribution in [0.2, 0.25) is 0 Å². The second-order valence-corrected chi connectivity index (χ2v) is 7.63. The van der Waals surface area contributed by atoms with Crippen LogP contribution in [-0.4, -0.2) is 31.1 Å². The zero-order valence-electron chi connectivity index (χ0n) is 15.6. The molecule has 0 spiro atoms. The number of ether oxygens (including phenoxy) is 1. The molecule has 1 aromatic carbocycles. The van der Waals surface area contributed by atoms with Crippen molar-refractivity contribution in [1.29, 1.82) is 0 Å². The van der Waals surface area contributed by atoms with Crippen molar-refractivity contribution in [3.63, 3.8) is 0 Å². The second kappa shape index (κ2) is 9.17. The van der Waals surface area contributed by atoms with Crippen LogP contribution in [0, 0.1) is 11.8 Å². The third-order valence-electron chi connectivity index (χ3n) is 5.37. The first-order chi connectivity index (χ1) is 12.6. The Morgan fingerprint density at radius 2 is 1.81 bits per heavy atom. The number of hydrogen-bond donors (Lipinski definition) is 2. The van der Waals surface area contributed by atoms with Gasteiger partial charge in [0.25, 0.3) is 5.91 Å². The van der Waals surface area contributed by atoms with Crippen LogP contribution < -0.4 is 10.6 Å². The highest BCUT2D eigenvalue weighted by Crippen LogP contribution is 2.38. The molecule has 0 heterocycles. The average Bonchev–Trinajstić information content (AvgIpc) is 3.40. The largest absolute Gasteiger partial charge is 0.378 e. The Labute approximate surface area is 155 Å². The van der Waals surface area contributed by atoms with E-state index in [0.717, 1.165) is 18.5 Å². The van der Waals surface area contributed by atoms with Crippen LogP contribution in [0.15, 0.2) is 24.3 Å². The molecule has 0 saturated heterocycles. The van der Waals surface area contributed by atoms with E-state index in [0.29, 0.717) is 30.7 Å². The maximum Gasteiger partial charge on any atom is 0.251 e. The summed E-state index contributed by atoms with van der Waals surface area (Å²) in [4.78, 5) is 24.1. The molecule has 2 aliphatic carbocycles. The van der Waals surface area contributed by atoms with E-state index >= 15 is 0 Å². The molecule has 2 fully saturated rings. The quantitative estimate of drug-likeness (QED) is 0.696. The lowest BCUT2D eigenvalue weighted by Crippen LogP contribution is -2.26. The number of carbonyl (C=O) groups is 2. The average molecular weight is 358 g/mol. The summed E-state index contributed by atoms with van der Waals surface area (Å²) < 4.78 is 5.86. The molecular weight excluding hydrogens is 328 g/mol. The smallest absolute Gasteiger partial charge is 0.251 e. The lowest BCUT2D eigenvalue weighted by Gasteiger charge is -2.21. The summed E-state index contributed by atoms with van der Waals surface area (Å²) in [6.07, 6.45) is 8.45. The molecule has 5 heteroatoms. The highest BCUT2D eigenvalue weighted by atomic mass is 16.5. The van der Waals surface area contributed by atoms with Gasteiger partial charge in [-0.3, -0.25) is 9.59 Å². The number of anilines is 1. The molecule has 0 aromatic heterocycles. The van der Waals surface area contributed by atoms with Crippen LogP contribution >= 0.6 is 0 Å². The molecule has 3 rings (SSSR count). The predicted octanol–water partition coefficient (Wildman–Crippen LogP) is 3.75. The van der Waals surface area contributed by atoms with Gasteiger partial charge in [0.15, 0.2) is 0 Å². The maximum atomic E-state index is 12.2. The molecular formula is C21H30N2O3. The van der Waals surface area contributed by atoms with Gasteiger partial charge in [-0.05, 0) is 55.9 Å². The van der Waals surface area contributed by atoms with Crippen molar-refractivity contribution in [3.8, 4) is 0 Å². The second-order valence-electron chi connectivity index (χ2n) is 7.63. The Hall–Kier alpha value is -1.88. The first kappa shape index (κ1) is 18.9. The summed E-state index contributed by atoms with van der Waals surface area (Å²) in [5, 5.41) is 5.83. The van der Waals surface area contributed by atoms with E-state index in [1.54, 1.807) is 24.3 Å². The van der Waals surface area contributed by atoms with Crippen molar-refractivity contribution in [2.75, 3.05) is 18.5 Å². The number of amides is 2. The van der Waals surface area contributed by atoms with Gasteiger partial charge in [0.2, 0.25) is 5.91 Å². The summed E-state index contributed by atoms with van der Waals surface area (Å²) in [5.74, 6) is 0.625. The number of hydrogen-bond acceptors (Lipinski definition) is 3. The minimum atomic E-state index is -0.0867. The molecule has 1 aromatic rings. The van der Waals surface area contributed by atoms with Gasteiger partial charge in [0.05, 0.1) is 6.10 Å². The third-order valence-corrected chi connectivity index (χ3v) is 5.37. The SMILES string of the molecule is C[C@@H]1C[C@H]1C(=O)Nc1ccc(C(=O)NCCCOC2CCCCC2)cc1. The fourth-order valence-electron chi connectivity index (χ4n) is 3.49. The summed E-state index contributed by atoms with van der Waals surface area (Å²) in [5.41, 5.74) is 1.35. The van der Waals surface area contributed by atoms with Crippen LogP contribution in [0.1, 0.15) is 62.2 Å². The molecule has 2 saturated carbocycles. The zero-order valence-corrected chi connectivity index (χ0v) is 15.6. The van der Waals surface area contributed by atoms with Gasteiger partial charge in [0.1, 0.15) is 0 Å². The first-order valence-corrected chi connectivity index (χ1v) is 9.94. The van der Waals surface area contributed by atoms with Crippen LogP contribution in [0.5, 0.6) is 0 Å². The van der Waals surface area contributed by atoms with Crippen molar-refractivity contribution in [1.82, 2.24) is 5.32 Å². The molecule has 2 aliphatic rings. The Balaban J connectivity index is 1.33. The van der Waals surface area contributed by atoms with Crippen LogP contribution in [0.4, 0.5) is 5.69 Å². The van der Waals surface area contributed by atoms with E-state index in [1.165, 1.54) is 32.1 Å². The number of rotatable bonds is 8. The van der Waals surface area contributed by atoms with Crippen LogP contribution in [0.3, 0.4) is 0 Å². The van der Waals surface area contributed by atoms with Gasteiger partial charge in [-0.2, -0.15) is 0 Å². The van der Waals surface area contributed by atoms with Crippen molar-refractivity contribution in [2.24, 2.45) is 11.8 Å². The van der Waals surface area contributed by atoms with Crippen molar-refractivity contribution < 1.29 is 14.3 Å². The van der Waals surface area contributed by atoms with Crippen LogP contribution in [0.25, 0.3) is 0 Å². The molecule has 142 valence electrons. The Bertz CT molecular complexity index is 608. The highest BCUT2D eigenvalue weighted by molar-refractivity contribution is 5.96. The Morgan fingerprint density at radius 1 is 1.12 bits per heavy atom. The number of carbonyl (C=O) groups excluding carboxylic acids is 2. The molecule has 2 atom stereocenters. The maximum absolute atomic E-state index is 12.2. The fourth-order valence-corrected chi connectivity index (χ4v) is 3.49. The predicted molar refractivity (Wildman–Crippen MR) is 102 cm³/mol. The highest BCUT2D eigenvalue weighted by Gasteiger charge is 2.39. The van der Waals surface area contributed by atoms with Crippen molar-refractivity contribution in [3.05, 3.63) is 29.8 Å². The summed E-state index contributed by atoms with van der Waals surface area (Å²) in [7, 11) is 0. The van der Waals surface area contributed by atoms with Crippen molar-refractivity contribution in [2.45, 2.75) is 58.0 Å². The standard InChI is InChI=1S/C21H30N2O3/c1-15-14-19(15)21(25)23-17-10-8-16(9-11-17)20(24)22-12-5-13-26-18-6-3-2-4-7-18/h8-11,15,18-19H,2-7,12-14H2,1H3,(H,22,24)(H,23,25)/t15-,19-/m1/s1. The fraction of sp³-hybridized carbons (Fsp3) is 0.619. The van der Waals surface area contributed by atoms with E-state index in [-0.39, 0.29) is 17.7 Å². The van der Waals surface area contributed by atoms with E-state index < -0.39 is 0 Å². The van der Waals surface area contributed by atoms with Gasteiger partial charge < -0.3 is 15.4 Å². The lowest BCUT2D eigenvalue weighted by molar-refractivity contribution is -0.117. The van der Waals surface area contributed by atoms with E-state index in [1.807, 2.05) is 0 Å². The molecule has 5 nitrogen and oxygen atoms in total. The van der Waals surface area contributed by atoms with Gasteiger partial charge in [0, 0.05) is 30.3 Å². The molecule has 0 unspecified atom stereocenters. The minimum absolute atomic E-state index is 0.0765. The summed E-state index contributed by atoms with van der Waals surface area (Å²) in [6, 6.07) is 7.07. The normalized spacial score (nSPS) is 22.7. The lowest BCUT2D eigenvalue weighted by atomic mass is 9.98. The topological polar surface area (TPSA) is 67.4 Å². The molecule has 0 aliphatic heterocycles. The van der Waals surface area contributed by atoms with Gasteiger partial charge in [-0.1, -0.05) is 26.2 Å². The van der Waals surface area contributed by atoms with E-state index in [2.05, 4.69) is 17.6 Å². The van der Waals surface area contributed by atoms with Gasteiger partial charge >= 0.3 is 0 Å². The number of nitrogens with one attached hydrogen (secondary N) is 2. The molecule has 2 amide bonds.